The van der Waals surface area contributed by atoms with Gasteiger partial charge in [-0.3, -0.25) is 4.79 Å². The van der Waals surface area contributed by atoms with Crippen LogP contribution in [0.5, 0.6) is 0 Å². The molecule has 0 aromatic rings. The average Bonchev–Trinajstić information content (AvgIpc) is 3.25. The van der Waals surface area contributed by atoms with Crippen molar-refractivity contribution in [3.63, 3.8) is 0 Å². The number of fused-ring (bicyclic) bond motifs is 2. The Morgan fingerprint density at radius 1 is 1.03 bits per heavy atom. The van der Waals surface area contributed by atoms with E-state index in [1.165, 1.54) is 6.92 Å². The summed E-state index contributed by atoms with van der Waals surface area (Å²) in [6, 6.07) is 0. The van der Waals surface area contributed by atoms with Gasteiger partial charge in [0.2, 0.25) is 0 Å². The second-order valence-corrected chi connectivity index (χ2v) is 11.6. The molecule has 5 saturated heterocycles. The van der Waals surface area contributed by atoms with Crippen molar-refractivity contribution in [1.29, 1.82) is 0 Å². The highest BCUT2D eigenvalue weighted by Crippen LogP contribution is 2.74. The van der Waals surface area contributed by atoms with Gasteiger partial charge in [0.1, 0.15) is 11.7 Å². The van der Waals surface area contributed by atoms with Crippen LogP contribution in [0.15, 0.2) is 0 Å². The first-order valence-electron chi connectivity index (χ1n) is 13.3. The van der Waals surface area contributed by atoms with Crippen molar-refractivity contribution in [2.75, 3.05) is 19.8 Å². The van der Waals surface area contributed by atoms with Gasteiger partial charge < -0.3 is 33.2 Å². The normalized spacial score (nSPS) is 55.3. The summed E-state index contributed by atoms with van der Waals surface area (Å²) in [5.74, 6) is 0.566. The topological polar surface area (TPSA) is 85.0 Å². The van der Waals surface area contributed by atoms with E-state index in [2.05, 4.69) is 13.8 Å². The fourth-order valence-electron chi connectivity index (χ4n) is 8.61. The Morgan fingerprint density at radius 3 is 2.44 bits per heavy atom. The van der Waals surface area contributed by atoms with Crippen LogP contribution < -0.4 is 0 Å². The maximum absolute atomic E-state index is 12.3. The molecule has 0 aromatic carbocycles. The molecule has 5 aliphatic heterocycles. The molecule has 0 radical (unpaired) electrons. The van der Waals surface area contributed by atoms with Gasteiger partial charge >= 0.3 is 5.97 Å². The van der Waals surface area contributed by atoms with Crippen molar-refractivity contribution >= 4 is 5.97 Å². The number of esters is 1. The quantitative estimate of drug-likeness (QED) is 0.422. The van der Waals surface area contributed by atoms with Crippen LogP contribution in [0.4, 0.5) is 0 Å². The predicted octanol–water partition coefficient (Wildman–Crippen LogP) is 3.41. The Labute approximate surface area is 202 Å². The summed E-state index contributed by atoms with van der Waals surface area (Å²) in [5.41, 5.74) is -1.05. The lowest BCUT2D eigenvalue weighted by Gasteiger charge is -2.69. The number of carbonyl (C=O) groups excluding carboxylic acids is 1. The molecule has 2 bridgehead atoms. The van der Waals surface area contributed by atoms with Crippen molar-refractivity contribution in [1.82, 2.24) is 0 Å². The predicted molar refractivity (Wildman–Crippen MR) is 119 cm³/mol. The largest absolute Gasteiger partial charge is 0.462 e. The van der Waals surface area contributed by atoms with Gasteiger partial charge in [-0.25, -0.2) is 0 Å². The Hall–Kier alpha value is -0.770. The smallest absolute Gasteiger partial charge is 0.302 e. The van der Waals surface area contributed by atoms with Gasteiger partial charge in [-0.15, -0.1) is 0 Å². The van der Waals surface area contributed by atoms with Crippen LogP contribution in [0.3, 0.4) is 0 Å². The van der Waals surface area contributed by atoms with Gasteiger partial charge in [0.05, 0.1) is 24.2 Å². The standard InChI is InChI=1S/C26H40O8/c1-6-28-21-10-16-9-19(33-22(16)34-21)24(5)14(3)8-20(31-15(4)27)26-18(24)11-17(12-25(26)13-30-25)32-23(26)29-7-2/h14,16-23H,6-13H2,1-5H3/t14-,16+,17-,18-,19+,20+,21+,22-,23?,24+,25+,26+/m1/s1. The van der Waals surface area contributed by atoms with E-state index in [1.54, 1.807) is 0 Å². The SMILES string of the molecule is CCOC1O[C@@H]2C[C@@H]3[C@@](C)([C@@H]4C[C@H]5C[C@@H](OCC)O[C@H]5O4)[C@H](C)C[C@H](OC(C)=O)[C@]13[C@@]1(CO1)C2. The van der Waals surface area contributed by atoms with Gasteiger partial charge in [-0.2, -0.15) is 0 Å². The molecule has 1 unspecified atom stereocenters. The molecule has 5 heterocycles. The molecule has 7 aliphatic rings. The van der Waals surface area contributed by atoms with Crippen molar-refractivity contribution < 1.29 is 38.0 Å². The van der Waals surface area contributed by atoms with Gasteiger partial charge in [0.15, 0.2) is 18.9 Å². The van der Waals surface area contributed by atoms with Crippen LogP contribution in [0.1, 0.15) is 66.7 Å². The van der Waals surface area contributed by atoms with Gasteiger partial charge in [0.25, 0.3) is 0 Å². The minimum absolute atomic E-state index is 0.0534. The molecule has 2 saturated carbocycles. The molecule has 8 heteroatoms. The summed E-state index contributed by atoms with van der Waals surface area (Å²) < 4.78 is 43.7. The number of rotatable bonds is 6. The van der Waals surface area contributed by atoms with Crippen LogP contribution in [-0.4, -0.2) is 68.6 Å². The lowest BCUT2D eigenvalue weighted by molar-refractivity contribution is -0.384. The number of ether oxygens (including phenoxy) is 7. The van der Waals surface area contributed by atoms with Crippen LogP contribution in [0, 0.1) is 28.6 Å². The average molecular weight is 481 g/mol. The van der Waals surface area contributed by atoms with Gasteiger partial charge in [-0.1, -0.05) is 13.8 Å². The van der Waals surface area contributed by atoms with E-state index in [0.29, 0.717) is 25.7 Å². The monoisotopic (exact) mass is 480 g/mol. The van der Waals surface area contributed by atoms with Gasteiger partial charge in [-0.05, 0) is 44.9 Å². The second-order valence-electron chi connectivity index (χ2n) is 11.6. The number of hydrogen-bond acceptors (Lipinski definition) is 8. The number of hydrogen-bond donors (Lipinski definition) is 0. The van der Waals surface area contributed by atoms with Crippen molar-refractivity contribution in [3.8, 4) is 0 Å². The summed E-state index contributed by atoms with van der Waals surface area (Å²) in [5, 5.41) is 0. The molecule has 192 valence electrons. The molecule has 8 nitrogen and oxygen atoms in total. The Bertz CT molecular complexity index is 801. The van der Waals surface area contributed by atoms with Crippen molar-refractivity contribution in [3.05, 3.63) is 0 Å². The van der Waals surface area contributed by atoms with E-state index < -0.39 is 11.7 Å². The summed E-state index contributed by atoms with van der Waals surface area (Å²) in [6.07, 6.45) is 3.32. The number of carbonyl (C=O) groups is 1. The Balaban J connectivity index is 1.38. The molecular formula is C26H40O8. The molecule has 0 amide bonds. The Kier molecular flexibility index (Phi) is 5.64. The Morgan fingerprint density at radius 2 is 1.79 bits per heavy atom. The first kappa shape index (κ1) is 23.6. The van der Waals surface area contributed by atoms with E-state index in [4.69, 9.17) is 33.2 Å². The van der Waals surface area contributed by atoms with Crippen molar-refractivity contribution in [2.45, 2.75) is 110 Å². The highest BCUT2D eigenvalue weighted by Gasteiger charge is 2.82. The highest BCUT2D eigenvalue weighted by molar-refractivity contribution is 5.66. The maximum atomic E-state index is 12.3. The molecule has 7 rings (SSSR count). The second kappa shape index (κ2) is 8.12. The summed E-state index contributed by atoms with van der Waals surface area (Å²) in [4.78, 5) is 12.3. The van der Waals surface area contributed by atoms with E-state index in [1.807, 2.05) is 13.8 Å². The van der Waals surface area contributed by atoms with Gasteiger partial charge in [0, 0.05) is 44.3 Å². The van der Waals surface area contributed by atoms with Crippen LogP contribution >= 0.6 is 0 Å². The summed E-state index contributed by atoms with van der Waals surface area (Å²) in [6.45, 7) is 12.0. The molecule has 7 fully saturated rings. The molecule has 0 aromatic heterocycles. The molecule has 2 spiro atoms. The van der Waals surface area contributed by atoms with Crippen LogP contribution in [0.25, 0.3) is 0 Å². The summed E-state index contributed by atoms with van der Waals surface area (Å²) in [7, 11) is 0. The molecule has 2 aliphatic carbocycles. The fourth-order valence-corrected chi connectivity index (χ4v) is 8.61. The minimum Gasteiger partial charge on any atom is -0.462 e. The zero-order valence-corrected chi connectivity index (χ0v) is 21.1. The highest BCUT2D eigenvalue weighted by atomic mass is 16.8. The van der Waals surface area contributed by atoms with Crippen LogP contribution in [0.2, 0.25) is 0 Å². The third kappa shape index (κ3) is 3.08. The molecule has 34 heavy (non-hydrogen) atoms. The molecule has 12 atom stereocenters. The van der Waals surface area contributed by atoms with Crippen molar-refractivity contribution in [2.24, 2.45) is 28.6 Å². The third-order valence-corrected chi connectivity index (χ3v) is 10.2. The molecule has 0 N–H and O–H groups in total. The first-order valence-corrected chi connectivity index (χ1v) is 13.3. The first-order chi connectivity index (χ1) is 16.3. The van der Waals surface area contributed by atoms with E-state index >= 15 is 0 Å². The zero-order valence-electron chi connectivity index (χ0n) is 21.1. The van der Waals surface area contributed by atoms with E-state index in [-0.39, 0.29) is 59.7 Å². The lowest BCUT2D eigenvalue weighted by Crippen LogP contribution is -2.76. The zero-order chi connectivity index (χ0) is 23.9. The van der Waals surface area contributed by atoms with Crippen LogP contribution in [-0.2, 0) is 38.0 Å². The number of epoxide rings is 1. The maximum Gasteiger partial charge on any atom is 0.302 e. The van der Waals surface area contributed by atoms with E-state index in [9.17, 15) is 4.79 Å². The van der Waals surface area contributed by atoms with E-state index in [0.717, 1.165) is 32.1 Å². The molecular weight excluding hydrogens is 440 g/mol. The fraction of sp³-hybridized carbons (Fsp3) is 0.962. The minimum atomic E-state index is -0.541. The lowest BCUT2D eigenvalue weighted by atomic mass is 9.40. The third-order valence-electron chi connectivity index (χ3n) is 10.2. The summed E-state index contributed by atoms with van der Waals surface area (Å²) >= 11 is 0.